The number of aliphatic hydroxyl groups is 2. The molecule has 0 saturated carbocycles. The van der Waals surface area contributed by atoms with Gasteiger partial charge in [0.2, 0.25) is 0 Å². The molecule has 0 fully saturated rings. The fourth-order valence-electron chi connectivity index (χ4n) is 3.47. The highest BCUT2D eigenvalue weighted by Gasteiger charge is 2.23. The van der Waals surface area contributed by atoms with Gasteiger partial charge < -0.3 is 10.2 Å². The van der Waals surface area contributed by atoms with Gasteiger partial charge >= 0.3 is 0 Å². The number of unbranched alkanes of at least 4 members (excludes halogenated alkanes) is 1. The highest BCUT2D eigenvalue weighted by atomic mass is 16.3. The first-order valence-electron chi connectivity index (χ1n) is 12.6. The number of hydrogen-bond donors (Lipinski definition) is 2. The minimum Gasteiger partial charge on any atom is -0.390 e. The van der Waals surface area contributed by atoms with E-state index in [-0.39, 0.29) is 0 Å². The third-order valence-electron chi connectivity index (χ3n) is 5.93. The van der Waals surface area contributed by atoms with Crippen molar-refractivity contribution in [2.24, 2.45) is 0 Å². The second-order valence-corrected chi connectivity index (χ2v) is 10.4. The Morgan fingerprint density at radius 3 is 1.31 bits per heavy atom. The van der Waals surface area contributed by atoms with Crippen LogP contribution in [0.1, 0.15) is 120 Å². The average molecular weight is 445 g/mol. The number of aliphatic hydroxyl groups excluding tert-OH is 1. The van der Waals surface area contributed by atoms with E-state index in [0.717, 1.165) is 51.4 Å². The molecule has 0 rings (SSSR count). The summed E-state index contributed by atoms with van der Waals surface area (Å²) in [7, 11) is 0. The van der Waals surface area contributed by atoms with E-state index < -0.39 is 11.7 Å². The minimum atomic E-state index is -1.02. The van der Waals surface area contributed by atoms with Gasteiger partial charge in [0.15, 0.2) is 0 Å². The molecule has 0 aromatic heterocycles. The quantitative estimate of drug-likeness (QED) is 0.184. The van der Waals surface area contributed by atoms with Crippen molar-refractivity contribution in [2.45, 2.75) is 131 Å². The lowest BCUT2D eigenvalue weighted by Crippen LogP contribution is -2.35. The van der Waals surface area contributed by atoms with Crippen LogP contribution in [-0.4, -0.2) is 21.9 Å². The van der Waals surface area contributed by atoms with E-state index >= 15 is 0 Å². The van der Waals surface area contributed by atoms with Crippen LogP contribution in [0, 0.1) is 0 Å². The van der Waals surface area contributed by atoms with Crippen LogP contribution in [0.25, 0.3) is 0 Å². The summed E-state index contributed by atoms with van der Waals surface area (Å²) in [5.74, 6) is 0. The highest BCUT2D eigenvalue weighted by Crippen LogP contribution is 2.18. The van der Waals surface area contributed by atoms with Crippen LogP contribution < -0.4 is 0 Å². The van der Waals surface area contributed by atoms with Gasteiger partial charge in [-0.25, -0.2) is 0 Å². The molecule has 1 unspecified atom stereocenters. The van der Waals surface area contributed by atoms with Gasteiger partial charge in [-0.3, -0.25) is 0 Å². The third-order valence-corrected chi connectivity index (χ3v) is 5.93. The van der Waals surface area contributed by atoms with Gasteiger partial charge in [0.1, 0.15) is 0 Å². The molecular weight excluding hydrogens is 392 g/mol. The molecule has 0 spiro atoms. The van der Waals surface area contributed by atoms with Gasteiger partial charge in [-0.1, -0.05) is 58.2 Å². The lowest BCUT2D eigenvalue weighted by molar-refractivity contribution is -0.0509. The maximum absolute atomic E-state index is 9.93. The molecule has 0 aromatic rings. The molecule has 0 aliphatic carbocycles. The smallest absolute Gasteiger partial charge is 0.0849 e. The molecule has 0 aliphatic heterocycles. The SMILES string of the molecule is CC(C)=CCCC(C)=CCCC(C)=CCCC=C(C)CCC=C(C)CCC(O)C(C)(C)O. The molecule has 2 heteroatoms. The monoisotopic (exact) mass is 444 g/mol. The van der Waals surface area contributed by atoms with Gasteiger partial charge in [-0.15, -0.1) is 0 Å². The van der Waals surface area contributed by atoms with Crippen molar-refractivity contribution in [1.82, 2.24) is 0 Å². The standard InChI is InChI=1S/C30H52O2/c1-24(2)14-11-17-27(5)20-12-18-25(3)15-9-10-16-26(4)19-13-21-28(6)22-23-29(31)30(7,8)32/h14-16,20-21,29,31-32H,9-13,17-19,22-23H2,1-8H3. The van der Waals surface area contributed by atoms with Crippen molar-refractivity contribution < 1.29 is 10.2 Å². The first kappa shape index (κ1) is 30.6. The summed E-state index contributed by atoms with van der Waals surface area (Å²) >= 11 is 0. The molecule has 0 aliphatic rings. The second kappa shape index (κ2) is 17.1. The van der Waals surface area contributed by atoms with E-state index in [1.54, 1.807) is 13.8 Å². The Kier molecular flexibility index (Phi) is 16.4. The van der Waals surface area contributed by atoms with Crippen molar-refractivity contribution in [3.8, 4) is 0 Å². The Hall–Kier alpha value is -1.38. The predicted molar refractivity (Wildman–Crippen MR) is 143 cm³/mol. The summed E-state index contributed by atoms with van der Waals surface area (Å²) in [4.78, 5) is 0. The molecule has 1 atom stereocenters. The number of allylic oxidation sites excluding steroid dienone is 10. The van der Waals surface area contributed by atoms with Crippen molar-refractivity contribution in [3.63, 3.8) is 0 Å². The van der Waals surface area contributed by atoms with Gasteiger partial charge in [0.25, 0.3) is 0 Å². The Balaban J connectivity index is 4.11. The van der Waals surface area contributed by atoms with Gasteiger partial charge in [-0.2, -0.15) is 0 Å². The average Bonchev–Trinajstić information content (AvgIpc) is 2.68. The molecule has 0 heterocycles. The van der Waals surface area contributed by atoms with E-state index in [0.29, 0.717) is 6.42 Å². The normalized spacial score (nSPS) is 15.2. The van der Waals surface area contributed by atoms with Crippen LogP contribution in [-0.2, 0) is 0 Å². The molecule has 0 amide bonds. The Morgan fingerprint density at radius 2 is 0.938 bits per heavy atom. The first-order chi connectivity index (χ1) is 14.9. The van der Waals surface area contributed by atoms with E-state index in [9.17, 15) is 10.2 Å². The van der Waals surface area contributed by atoms with Gasteiger partial charge in [0, 0.05) is 0 Å². The van der Waals surface area contributed by atoms with E-state index in [4.69, 9.17) is 0 Å². The van der Waals surface area contributed by atoms with Gasteiger partial charge in [-0.05, 0) is 120 Å². The van der Waals surface area contributed by atoms with Crippen molar-refractivity contribution in [1.29, 1.82) is 0 Å². The van der Waals surface area contributed by atoms with E-state index in [1.165, 1.54) is 34.3 Å². The van der Waals surface area contributed by atoms with Crippen LogP contribution in [0.2, 0.25) is 0 Å². The maximum atomic E-state index is 9.93. The second-order valence-electron chi connectivity index (χ2n) is 10.4. The zero-order valence-electron chi connectivity index (χ0n) is 22.4. The van der Waals surface area contributed by atoms with Crippen LogP contribution in [0.3, 0.4) is 0 Å². The Labute approximate surface area is 199 Å². The van der Waals surface area contributed by atoms with Crippen LogP contribution in [0.5, 0.6) is 0 Å². The van der Waals surface area contributed by atoms with Crippen LogP contribution in [0.4, 0.5) is 0 Å². The molecule has 0 saturated heterocycles. The molecular formula is C30H52O2. The zero-order chi connectivity index (χ0) is 24.6. The lowest BCUT2D eigenvalue weighted by atomic mass is 9.95. The summed E-state index contributed by atoms with van der Waals surface area (Å²) in [6, 6.07) is 0. The first-order valence-corrected chi connectivity index (χ1v) is 12.6. The van der Waals surface area contributed by atoms with Gasteiger partial charge in [0.05, 0.1) is 11.7 Å². The van der Waals surface area contributed by atoms with E-state index in [1.807, 2.05) is 0 Å². The molecule has 0 aromatic carbocycles. The molecule has 32 heavy (non-hydrogen) atoms. The lowest BCUT2D eigenvalue weighted by Gasteiger charge is -2.24. The fraction of sp³-hybridized carbons (Fsp3) is 0.667. The third kappa shape index (κ3) is 18.2. The molecule has 0 bridgehead atoms. The molecule has 2 N–H and O–H groups in total. The van der Waals surface area contributed by atoms with Crippen molar-refractivity contribution in [2.75, 3.05) is 0 Å². The summed E-state index contributed by atoms with van der Waals surface area (Å²) in [6.45, 7) is 16.5. The number of rotatable bonds is 16. The largest absolute Gasteiger partial charge is 0.390 e. The summed E-state index contributed by atoms with van der Waals surface area (Å²) < 4.78 is 0. The summed E-state index contributed by atoms with van der Waals surface area (Å²) in [5.41, 5.74) is 6.13. The summed E-state index contributed by atoms with van der Waals surface area (Å²) in [5, 5.41) is 19.7. The highest BCUT2D eigenvalue weighted by molar-refractivity contribution is 5.07. The van der Waals surface area contributed by atoms with Crippen LogP contribution in [0.15, 0.2) is 58.2 Å². The molecule has 0 radical (unpaired) electrons. The summed E-state index contributed by atoms with van der Waals surface area (Å²) in [6.07, 6.45) is 21.5. The van der Waals surface area contributed by atoms with Crippen molar-refractivity contribution >= 4 is 0 Å². The zero-order valence-corrected chi connectivity index (χ0v) is 22.4. The van der Waals surface area contributed by atoms with Crippen molar-refractivity contribution in [3.05, 3.63) is 58.2 Å². The fourth-order valence-corrected chi connectivity index (χ4v) is 3.47. The number of hydrogen-bond acceptors (Lipinski definition) is 2. The minimum absolute atomic E-state index is 0.609. The van der Waals surface area contributed by atoms with E-state index in [2.05, 4.69) is 71.9 Å². The van der Waals surface area contributed by atoms with Crippen LogP contribution >= 0.6 is 0 Å². The predicted octanol–water partition coefficient (Wildman–Crippen LogP) is 8.77. The maximum Gasteiger partial charge on any atom is 0.0849 e. The molecule has 184 valence electrons. The Morgan fingerprint density at radius 1 is 0.594 bits per heavy atom. The topological polar surface area (TPSA) is 40.5 Å². The molecule has 2 nitrogen and oxygen atoms in total. The Bertz CT molecular complexity index is 661.